The van der Waals surface area contributed by atoms with Gasteiger partial charge in [0.2, 0.25) is 47.3 Å². The standard InChI is InChI=1S/C49H69N11O12S2/c1-26(2)17-33(55-46(68)39-11-8-16-60(39)48(70)36(19-28-9-6-5-7-10-28)56-47(69)40(27(3)4)59-41(63)32(50)23-73)42(64)57-37(22-61)45(67)54-35(20-30-21-51-25-52-30)44(66)53-34(18-29-12-14-31(62)15-13-29)43(65)58-38(24-74)49(71)72/h5-7,9-10,12-15,21,25-27,32-40,61-62,73-74H,8,11,16-20,22-24,50H2,1-4H3,(H,51,52)(H,53,66)(H,54,67)(H,55,68)(H,56,69)(H,57,64)(H,58,65)(H,59,63)(H,71,72)/t32-,33-,34-,35-,36-,37-,38-,39-,40-/m0/s1. The summed E-state index contributed by atoms with van der Waals surface area (Å²) in [7, 11) is 0. The number of phenols is 1. The molecule has 3 aromatic rings. The van der Waals surface area contributed by atoms with Crippen molar-refractivity contribution in [2.45, 2.75) is 121 Å². The van der Waals surface area contributed by atoms with E-state index < -0.39 is 120 Å². The van der Waals surface area contributed by atoms with Crippen LogP contribution >= 0.6 is 25.3 Å². The molecule has 9 atom stereocenters. The predicted molar refractivity (Wildman–Crippen MR) is 277 cm³/mol. The first-order valence-electron chi connectivity index (χ1n) is 24.2. The predicted octanol–water partition coefficient (Wildman–Crippen LogP) is -1.51. The maximum Gasteiger partial charge on any atom is 0.327 e. The number of hydrogen-bond acceptors (Lipinski definition) is 15. The summed E-state index contributed by atoms with van der Waals surface area (Å²) >= 11 is 8.08. The Labute approximate surface area is 439 Å². The number of hydrogen-bond donors (Lipinski definition) is 14. The summed E-state index contributed by atoms with van der Waals surface area (Å²) < 4.78 is 0. The molecule has 13 N–H and O–H groups in total. The lowest BCUT2D eigenvalue weighted by atomic mass is 10.00. The van der Waals surface area contributed by atoms with Crippen molar-refractivity contribution in [1.29, 1.82) is 0 Å². The number of carboxylic acids is 1. The Kier molecular flexibility index (Phi) is 23.7. The number of carbonyl (C=O) groups excluding carboxylic acids is 8. The van der Waals surface area contributed by atoms with Crippen LogP contribution in [0.2, 0.25) is 0 Å². The quantitative estimate of drug-likeness (QED) is 0.0368. The van der Waals surface area contributed by atoms with Crippen molar-refractivity contribution in [3.8, 4) is 5.75 Å². The fourth-order valence-corrected chi connectivity index (χ4v) is 8.45. The van der Waals surface area contributed by atoms with Crippen molar-refractivity contribution in [1.82, 2.24) is 52.1 Å². The maximum absolute atomic E-state index is 14.5. The van der Waals surface area contributed by atoms with Gasteiger partial charge in [0.15, 0.2) is 0 Å². The van der Waals surface area contributed by atoms with E-state index in [-0.39, 0.29) is 61.8 Å². The zero-order chi connectivity index (χ0) is 54.6. The third-order valence-corrected chi connectivity index (χ3v) is 12.8. The van der Waals surface area contributed by atoms with Crippen LogP contribution in [0.4, 0.5) is 0 Å². The van der Waals surface area contributed by atoms with Crippen LogP contribution in [0.3, 0.4) is 0 Å². The van der Waals surface area contributed by atoms with Crippen LogP contribution in [0.15, 0.2) is 67.1 Å². The van der Waals surface area contributed by atoms with Crippen molar-refractivity contribution in [3.63, 3.8) is 0 Å². The van der Waals surface area contributed by atoms with E-state index in [1.807, 2.05) is 0 Å². The minimum absolute atomic E-state index is 0.0321. The first-order valence-corrected chi connectivity index (χ1v) is 25.5. The lowest BCUT2D eigenvalue weighted by molar-refractivity contribution is -0.142. The highest BCUT2D eigenvalue weighted by Crippen LogP contribution is 2.21. The fraction of sp³-hybridized carbons (Fsp3) is 0.510. The SMILES string of the molecule is CC(C)C[C@H](NC(=O)[C@@H]1CCCN1C(=O)[C@H](Cc1ccccc1)NC(=O)[C@@H](NC(=O)[C@@H](N)CS)C(C)C)C(=O)N[C@@H](CO)C(=O)N[C@@H](Cc1cnc[nH]1)C(=O)N[C@@H](Cc1ccc(O)cc1)C(=O)N[C@@H](CS)C(=O)O. The second-order valence-corrected chi connectivity index (χ2v) is 19.5. The number of benzene rings is 2. The van der Waals surface area contributed by atoms with E-state index in [4.69, 9.17) is 5.73 Å². The van der Waals surface area contributed by atoms with Crippen LogP contribution in [0, 0.1) is 11.8 Å². The van der Waals surface area contributed by atoms with E-state index in [0.29, 0.717) is 23.2 Å². The summed E-state index contributed by atoms with van der Waals surface area (Å²) in [6.45, 7) is 6.20. The Morgan fingerprint density at radius 2 is 1.24 bits per heavy atom. The topological polar surface area (TPSA) is 356 Å². The van der Waals surface area contributed by atoms with Crippen LogP contribution < -0.4 is 43.0 Å². The molecule has 0 spiro atoms. The third kappa shape index (κ3) is 18.1. The van der Waals surface area contributed by atoms with E-state index in [1.165, 1.54) is 41.7 Å². The average molecular weight is 1070 g/mol. The van der Waals surface area contributed by atoms with Crippen molar-refractivity contribution in [3.05, 3.63) is 83.9 Å². The van der Waals surface area contributed by atoms with E-state index >= 15 is 0 Å². The van der Waals surface area contributed by atoms with Gasteiger partial charge in [-0.15, -0.1) is 0 Å². The summed E-state index contributed by atoms with van der Waals surface area (Å²) in [6.07, 6.45) is 3.01. The number of aromatic hydroxyl groups is 1. The van der Waals surface area contributed by atoms with Gasteiger partial charge in [-0.1, -0.05) is 70.2 Å². The third-order valence-electron chi connectivity index (χ3n) is 12.1. The van der Waals surface area contributed by atoms with Gasteiger partial charge in [0.25, 0.3) is 0 Å². The number of nitrogens with zero attached hydrogens (tertiary/aromatic N) is 2. The largest absolute Gasteiger partial charge is 0.508 e. The monoisotopic (exact) mass is 1070 g/mol. The molecule has 0 unspecified atom stereocenters. The Morgan fingerprint density at radius 3 is 1.80 bits per heavy atom. The summed E-state index contributed by atoms with van der Waals surface area (Å²) in [5.74, 6) is -8.52. The van der Waals surface area contributed by atoms with Gasteiger partial charge in [-0.05, 0) is 54.4 Å². The molecule has 23 nitrogen and oxygen atoms in total. The molecule has 25 heteroatoms. The molecule has 0 saturated carbocycles. The number of aliphatic hydroxyl groups excluding tert-OH is 1. The summed E-state index contributed by atoms with van der Waals surface area (Å²) in [4.78, 5) is 131. The molecule has 8 amide bonds. The number of carboxylic acid groups (broad SMARTS) is 1. The lowest BCUT2D eigenvalue weighted by Gasteiger charge is -2.31. The second-order valence-electron chi connectivity index (χ2n) is 18.8. The molecule has 2 aromatic carbocycles. The highest BCUT2D eigenvalue weighted by atomic mass is 32.1. The van der Waals surface area contributed by atoms with Gasteiger partial charge in [0.05, 0.1) is 19.0 Å². The molecular formula is C49H69N11O12S2. The van der Waals surface area contributed by atoms with Gasteiger partial charge >= 0.3 is 5.97 Å². The van der Waals surface area contributed by atoms with Gasteiger partial charge < -0.3 is 68.2 Å². The second kappa shape index (κ2) is 29.3. The van der Waals surface area contributed by atoms with Gasteiger partial charge in [0.1, 0.15) is 54.1 Å². The number of phenolic OH excluding ortho intramolecular Hbond substituents is 1. The Hall–Kier alpha value is -6.70. The van der Waals surface area contributed by atoms with Crippen LogP contribution in [0.25, 0.3) is 0 Å². The molecule has 1 fully saturated rings. The molecule has 74 heavy (non-hydrogen) atoms. The summed E-state index contributed by atoms with van der Waals surface area (Å²) in [5, 5.41) is 47.9. The van der Waals surface area contributed by atoms with Gasteiger partial charge in [-0.2, -0.15) is 25.3 Å². The molecule has 1 aliphatic heterocycles. The van der Waals surface area contributed by atoms with Crippen LogP contribution in [-0.2, 0) is 62.4 Å². The molecule has 2 heterocycles. The van der Waals surface area contributed by atoms with Crippen molar-refractivity contribution >= 4 is 78.5 Å². The number of rotatable bonds is 28. The molecule has 0 aliphatic carbocycles. The van der Waals surface area contributed by atoms with E-state index in [2.05, 4.69) is 72.4 Å². The van der Waals surface area contributed by atoms with Gasteiger partial charge in [-0.3, -0.25) is 38.4 Å². The number of nitrogens with two attached hydrogens (primary N) is 1. The smallest absolute Gasteiger partial charge is 0.327 e. The molecule has 1 saturated heterocycles. The molecule has 0 bridgehead atoms. The number of nitrogens with one attached hydrogen (secondary N) is 8. The van der Waals surface area contributed by atoms with Crippen LogP contribution in [-0.4, -0.2) is 162 Å². The number of imidazole rings is 1. The van der Waals surface area contributed by atoms with Crippen LogP contribution in [0.5, 0.6) is 5.75 Å². The van der Waals surface area contributed by atoms with Gasteiger partial charge in [0, 0.05) is 49.2 Å². The minimum Gasteiger partial charge on any atom is -0.508 e. The number of likely N-dealkylation sites (tertiary alicyclic amines) is 1. The Bertz CT molecular complexity index is 2380. The van der Waals surface area contributed by atoms with E-state index in [1.54, 1.807) is 58.0 Å². The molecule has 404 valence electrons. The lowest BCUT2D eigenvalue weighted by Crippen LogP contribution is -2.61. The number of aliphatic hydroxyl groups is 1. The Morgan fingerprint density at radius 1 is 0.689 bits per heavy atom. The summed E-state index contributed by atoms with van der Waals surface area (Å²) in [6, 6.07) is 2.98. The van der Waals surface area contributed by atoms with Crippen LogP contribution in [0.1, 0.15) is 63.8 Å². The van der Waals surface area contributed by atoms with E-state index in [0.717, 1.165) is 0 Å². The first-order chi connectivity index (χ1) is 35.1. The highest BCUT2D eigenvalue weighted by molar-refractivity contribution is 7.80. The Balaban J connectivity index is 1.53. The molecule has 1 aromatic heterocycles. The number of aromatic nitrogens is 2. The number of amides is 8. The summed E-state index contributed by atoms with van der Waals surface area (Å²) in [5.41, 5.74) is 7.40. The number of thiol groups is 2. The van der Waals surface area contributed by atoms with Crippen molar-refractivity contribution in [2.24, 2.45) is 17.6 Å². The number of aliphatic carboxylic acids is 1. The number of aromatic amines is 1. The molecule has 4 rings (SSSR count). The highest BCUT2D eigenvalue weighted by Gasteiger charge is 2.41. The fourth-order valence-electron chi connectivity index (χ4n) is 8.03. The zero-order valence-electron chi connectivity index (χ0n) is 41.7. The number of H-pyrrole nitrogens is 1. The van der Waals surface area contributed by atoms with Gasteiger partial charge in [-0.25, -0.2) is 9.78 Å². The minimum atomic E-state index is -1.69. The average Bonchev–Trinajstić information content (AvgIpc) is 4.09. The molecular weight excluding hydrogens is 999 g/mol. The first kappa shape index (κ1) is 59.9. The van der Waals surface area contributed by atoms with Crippen molar-refractivity contribution < 1.29 is 58.5 Å². The molecule has 1 aliphatic rings. The zero-order valence-corrected chi connectivity index (χ0v) is 43.4. The normalized spacial score (nSPS) is 16.6. The number of carbonyl (C=O) groups is 9. The maximum atomic E-state index is 14.5. The van der Waals surface area contributed by atoms with E-state index in [9.17, 15) is 58.5 Å². The van der Waals surface area contributed by atoms with Crippen molar-refractivity contribution in [2.75, 3.05) is 24.7 Å². The molecule has 0 radical (unpaired) electrons.